The molecule has 0 bridgehead atoms. The van der Waals surface area contributed by atoms with Crippen molar-refractivity contribution in [1.82, 2.24) is 0 Å². The van der Waals surface area contributed by atoms with Crippen molar-refractivity contribution >= 4 is 33.5 Å². The average molecular weight is 317 g/mol. The van der Waals surface area contributed by atoms with Crippen molar-refractivity contribution in [2.24, 2.45) is 5.73 Å². The SMILES string of the molecule is CC(=O)Nc1c(O)ccc(Br)c1CC(N)C(=O)O. The Balaban J connectivity index is 3.18. The number of nitrogens with two attached hydrogens (primary N) is 1. The van der Waals surface area contributed by atoms with Gasteiger partial charge in [-0.1, -0.05) is 15.9 Å². The first-order valence-corrected chi connectivity index (χ1v) is 5.88. The predicted molar refractivity (Wildman–Crippen MR) is 69.4 cm³/mol. The van der Waals surface area contributed by atoms with Gasteiger partial charge in [-0.05, 0) is 17.7 Å². The molecule has 0 aliphatic rings. The number of rotatable bonds is 4. The Morgan fingerprint density at radius 2 is 2.11 bits per heavy atom. The molecule has 6 nitrogen and oxygen atoms in total. The van der Waals surface area contributed by atoms with Gasteiger partial charge in [0.15, 0.2) is 0 Å². The third kappa shape index (κ3) is 3.44. The normalized spacial score (nSPS) is 11.9. The van der Waals surface area contributed by atoms with Gasteiger partial charge in [0.2, 0.25) is 5.91 Å². The van der Waals surface area contributed by atoms with Crippen LogP contribution in [0.1, 0.15) is 12.5 Å². The lowest BCUT2D eigenvalue weighted by Gasteiger charge is -2.15. The Kier molecular flexibility index (Phi) is 4.69. The molecule has 0 radical (unpaired) electrons. The van der Waals surface area contributed by atoms with Crippen LogP contribution in [-0.4, -0.2) is 28.1 Å². The molecule has 1 rings (SSSR count). The van der Waals surface area contributed by atoms with E-state index in [1.54, 1.807) is 6.07 Å². The quantitative estimate of drug-likeness (QED) is 0.621. The number of phenols is 1. The lowest BCUT2D eigenvalue weighted by Crippen LogP contribution is -2.32. The number of hydrogen-bond donors (Lipinski definition) is 4. The van der Waals surface area contributed by atoms with Crippen molar-refractivity contribution in [2.75, 3.05) is 5.32 Å². The molecule has 0 heterocycles. The molecule has 0 fully saturated rings. The number of nitrogens with one attached hydrogen (secondary N) is 1. The fraction of sp³-hybridized carbons (Fsp3) is 0.273. The van der Waals surface area contributed by atoms with Crippen LogP contribution in [0.5, 0.6) is 5.75 Å². The maximum atomic E-state index is 11.1. The Morgan fingerprint density at radius 1 is 1.50 bits per heavy atom. The number of benzene rings is 1. The molecule has 0 aliphatic heterocycles. The first-order valence-electron chi connectivity index (χ1n) is 5.09. The van der Waals surface area contributed by atoms with Gasteiger partial charge in [0, 0.05) is 17.8 Å². The zero-order valence-corrected chi connectivity index (χ0v) is 11.2. The van der Waals surface area contributed by atoms with Gasteiger partial charge in [0.25, 0.3) is 0 Å². The number of amides is 1. The van der Waals surface area contributed by atoms with Crippen LogP contribution in [-0.2, 0) is 16.0 Å². The predicted octanol–water partition coefficient (Wildman–Crippen LogP) is 1.07. The van der Waals surface area contributed by atoms with Gasteiger partial charge in [-0.2, -0.15) is 0 Å². The van der Waals surface area contributed by atoms with Crippen LogP contribution in [0.2, 0.25) is 0 Å². The lowest BCUT2D eigenvalue weighted by molar-refractivity contribution is -0.138. The van der Waals surface area contributed by atoms with Crippen molar-refractivity contribution in [1.29, 1.82) is 0 Å². The van der Waals surface area contributed by atoms with E-state index in [0.29, 0.717) is 10.0 Å². The maximum absolute atomic E-state index is 11.1. The second-order valence-electron chi connectivity index (χ2n) is 3.75. The van der Waals surface area contributed by atoms with E-state index in [-0.39, 0.29) is 23.8 Å². The molecule has 98 valence electrons. The van der Waals surface area contributed by atoms with Crippen molar-refractivity contribution in [3.05, 3.63) is 22.2 Å². The molecule has 0 saturated heterocycles. The van der Waals surface area contributed by atoms with Gasteiger partial charge in [-0.25, -0.2) is 0 Å². The molecule has 1 atom stereocenters. The highest BCUT2D eigenvalue weighted by atomic mass is 79.9. The largest absolute Gasteiger partial charge is 0.506 e. The van der Waals surface area contributed by atoms with E-state index < -0.39 is 12.0 Å². The van der Waals surface area contributed by atoms with Crippen molar-refractivity contribution in [3.8, 4) is 5.75 Å². The molecule has 1 aromatic carbocycles. The first kappa shape index (κ1) is 14.5. The first-order chi connectivity index (χ1) is 8.32. The van der Waals surface area contributed by atoms with E-state index in [9.17, 15) is 14.7 Å². The van der Waals surface area contributed by atoms with Crippen molar-refractivity contribution in [2.45, 2.75) is 19.4 Å². The molecule has 0 spiro atoms. The molecule has 0 aromatic heterocycles. The molecular formula is C11H13BrN2O4. The highest BCUT2D eigenvalue weighted by molar-refractivity contribution is 9.10. The number of carboxylic acids is 1. The summed E-state index contributed by atoms with van der Waals surface area (Å²) in [6, 6.07) is 1.84. The molecule has 0 aliphatic carbocycles. The Bertz CT molecular complexity index is 490. The van der Waals surface area contributed by atoms with Crippen molar-refractivity contribution in [3.63, 3.8) is 0 Å². The summed E-state index contributed by atoms with van der Waals surface area (Å²) < 4.78 is 0.570. The fourth-order valence-electron chi connectivity index (χ4n) is 1.43. The van der Waals surface area contributed by atoms with Crippen LogP contribution in [0.15, 0.2) is 16.6 Å². The van der Waals surface area contributed by atoms with Crippen LogP contribution in [0.4, 0.5) is 5.69 Å². The molecule has 0 saturated carbocycles. The molecule has 7 heteroatoms. The third-order valence-electron chi connectivity index (χ3n) is 2.28. The van der Waals surface area contributed by atoms with E-state index in [2.05, 4.69) is 21.2 Å². The minimum Gasteiger partial charge on any atom is -0.506 e. The summed E-state index contributed by atoms with van der Waals surface area (Å²) in [5.74, 6) is -1.66. The van der Waals surface area contributed by atoms with E-state index in [4.69, 9.17) is 10.8 Å². The van der Waals surface area contributed by atoms with Gasteiger partial charge in [-0.3, -0.25) is 9.59 Å². The molecule has 1 aromatic rings. The molecule has 1 amide bonds. The zero-order valence-electron chi connectivity index (χ0n) is 9.61. The number of phenolic OH excluding ortho intramolecular Hbond substituents is 1. The van der Waals surface area contributed by atoms with Crippen LogP contribution in [0, 0.1) is 0 Å². The molecule has 1 unspecified atom stereocenters. The highest BCUT2D eigenvalue weighted by Crippen LogP contribution is 2.34. The van der Waals surface area contributed by atoms with E-state index in [1.807, 2.05) is 0 Å². The number of aromatic hydroxyl groups is 1. The second-order valence-corrected chi connectivity index (χ2v) is 4.60. The summed E-state index contributed by atoms with van der Waals surface area (Å²) in [5, 5.41) is 20.9. The average Bonchev–Trinajstić information content (AvgIpc) is 2.27. The molecular weight excluding hydrogens is 304 g/mol. The van der Waals surface area contributed by atoms with Crippen LogP contribution in [0.25, 0.3) is 0 Å². The van der Waals surface area contributed by atoms with Gasteiger partial charge in [-0.15, -0.1) is 0 Å². The van der Waals surface area contributed by atoms with E-state index in [1.165, 1.54) is 13.0 Å². The summed E-state index contributed by atoms with van der Waals surface area (Å²) in [7, 11) is 0. The number of halogens is 1. The summed E-state index contributed by atoms with van der Waals surface area (Å²) in [5.41, 5.74) is 6.07. The number of anilines is 1. The second kappa shape index (κ2) is 5.83. The molecule has 18 heavy (non-hydrogen) atoms. The van der Waals surface area contributed by atoms with E-state index >= 15 is 0 Å². The smallest absolute Gasteiger partial charge is 0.320 e. The Labute approximate surface area is 112 Å². The zero-order chi connectivity index (χ0) is 13.9. The summed E-state index contributed by atoms with van der Waals surface area (Å²) in [4.78, 5) is 21.8. The van der Waals surface area contributed by atoms with Crippen LogP contribution in [0.3, 0.4) is 0 Å². The number of hydrogen-bond acceptors (Lipinski definition) is 4. The van der Waals surface area contributed by atoms with Gasteiger partial charge in [0.1, 0.15) is 11.8 Å². The summed E-state index contributed by atoms with van der Waals surface area (Å²) in [6.07, 6.45) is -0.0140. The summed E-state index contributed by atoms with van der Waals surface area (Å²) >= 11 is 3.24. The van der Waals surface area contributed by atoms with Gasteiger partial charge < -0.3 is 21.3 Å². The number of carboxylic acid groups (broad SMARTS) is 1. The third-order valence-corrected chi connectivity index (χ3v) is 3.02. The van der Waals surface area contributed by atoms with Crippen molar-refractivity contribution < 1.29 is 19.8 Å². The monoisotopic (exact) mass is 316 g/mol. The minimum absolute atomic E-state index is 0.0140. The topological polar surface area (TPSA) is 113 Å². The molecule has 5 N–H and O–H groups in total. The Hall–Kier alpha value is -1.60. The lowest BCUT2D eigenvalue weighted by atomic mass is 10.0. The number of carbonyl (C=O) groups excluding carboxylic acids is 1. The number of aliphatic carboxylic acids is 1. The summed E-state index contributed by atoms with van der Waals surface area (Å²) in [6.45, 7) is 1.29. The minimum atomic E-state index is -1.15. The van der Waals surface area contributed by atoms with Crippen LogP contribution < -0.4 is 11.1 Å². The van der Waals surface area contributed by atoms with Crippen LogP contribution >= 0.6 is 15.9 Å². The Morgan fingerprint density at radius 3 is 2.61 bits per heavy atom. The number of carbonyl (C=O) groups is 2. The standard InChI is InChI=1S/C11H13BrN2O4/c1-5(15)14-10-6(4-8(13)11(17)18)7(12)2-3-9(10)16/h2-3,8,16H,4,13H2,1H3,(H,14,15)(H,17,18). The van der Waals surface area contributed by atoms with E-state index in [0.717, 1.165) is 0 Å². The maximum Gasteiger partial charge on any atom is 0.320 e. The highest BCUT2D eigenvalue weighted by Gasteiger charge is 2.19. The van der Waals surface area contributed by atoms with Gasteiger partial charge >= 0.3 is 5.97 Å². The fourth-order valence-corrected chi connectivity index (χ4v) is 1.92. The van der Waals surface area contributed by atoms with Gasteiger partial charge in [0.05, 0.1) is 5.69 Å².